The van der Waals surface area contributed by atoms with Crippen molar-refractivity contribution in [3.8, 4) is 0 Å². The zero-order valence-corrected chi connectivity index (χ0v) is 11.5. The molecule has 1 aliphatic heterocycles. The van der Waals surface area contributed by atoms with Crippen molar-refractivity contribution in [1.82, 2.24) is 15.5 Å². The van der Waals surface area contributed by atoms with Crippen LogP contribution in [0.2, 0.25) is 0 Å². The van der Waals surface area contributed by atoms with Gasteiger partial charge < -0.3 is 20.6 Å². The Kier molecular flexibility index (Phi) is 4.74. The first-order chi connectivity index (χ1) is 8.69. The van der Waals surface area contributed by atoms with Crippen LogP contribution in [0.5, 0.6) is 0 Å². The first-order valence-electron chi connectivity index (χ1n) is 6.25. The Bertz CT molecular complexity index is 370. The van der Waals surface area contributed by atoms with E-state index in [2.05, 4.69) is 10.6 Å². The minimum atomic E-state index is -0.881. The molecule has 19 heavy (non-hydrogen) atoms. The van der Waals surface area contributed by atoms with E-state index in [1.807, 2.05) is 20.8 Å². The SMILES string of the molecule is CC(C)(C)NC(=O)CCNC(=O)N1CC(C(=O)O)C1. The molecule has 0 atom stereocenters. The molecule has 3 N–H and O–H groups in total. The van der Waals surface area contributed by atoms with Gasteiger partial charge in [-0.3, -0.25) is 9.59 Å². The molecule has 7 heteroatoms. The molecule has 0 aromatic rings. The lowest BCUT2D eigenvalue weighted by atomic mass is 10.0. The Morgan fingerprint density at radius 3 is 2.32 bits per heavy atom. The lowest BCUT2D eigenvalue weighted by molar-refractivity contribution is -0.146. The Morgan fingerprint density at radius 1 is 1.26 bits per heavy atom. The average Bonchev–Trinajstić information content (AvgIpc) is 2.10. The van der Waals surface area contributed by atoms with Gasteiger partial charge in [-0.2, -0.15) is 0 Å². The Labute approximate surface area is 112 Å². The Balaban J connectivity index is 2.15. The highest BCUT2D eigenvalue weighted by Gasteiger charge is 2.35. The van der Waals surface area contributed by atoms with Gasteiger partial charge in [0.15, 0.2) is 0 Å². The van der Waals surface area contributed by atoms with Gasteiger partial charge in [0, 0.05) is 31.6 Å². The molecule has 1 heterocycles. The van der Waals surface area contributed by atoms with E-state index in [0.717, 1.165) is 0 Å². The summed E-state index contributed by atoms with van der Waals surface area (Å²) in [6.45, 7) is 6.36. The number of likely N-dealkylation sites (tertiary alicyclic amines) is 1. The molecule has 0 radical (unpaired) electrons. The number of carbonyl (C=O) groups excluding carboxylic acids is 2. The topological polar surface area (TPSA) is 98.7 Å². The molecule has 0 unspecified atom stereocenters. The summed E-state index contributed by atoms with van der Waals surface area (Å²) in [5.74, 6) is -1.47. The van der Waals surface area contributed by atoms with Crippen molar-refractivity contribution in [2.75, 3.05) is 19.6 Å². The maximum Gasteiger partial charge on any atom is 0.317 e. The number of aliphatic carboxylic acids is 1. The monoisotopic (exact) mass is 271 g/mol. The number of urea groups is 1. The van der Waals surface area contributed by atoms with Crippen LogP contribution in [0.15, 0.2) is 0 Å². The predicted octanol–water partition coefficient (Wildman–Crippen LogP) is 0.0172. The zero-order valence-electron chi connectivity index (χ0n) is 11.5. The number of carboxylic acids is 1. The van der Waals surface area contributed by atoms with Crippen molar-refractivity contribution in [2.24, 2.45) is 5.92 Å². The van der Waals surface area contributed by atoms with E-state index in [0.29, 0.717) is 0 Å². The molecule has 3 amide bonds. The second-order valence-corrected chi connectivity index (χ2v) is 5.72. The molecular weight excluding hydrogens is 250 g/mol. The molecule has 0 aliphatic carbocycles. The third-order valence-electron chi connectivity index (χ3n) is 2.66. The van der Waals surface area contributed by atoms with Crippen molar-refractivity contribution in [1.29, 1.82) is 0 Å². The van der Waals surface area contributed by atoms with Crippen molar-refractivity contribution >= 4 is 17.9 Å². The minimum Gasteiger partial charge on any atom is -0.481 e. The van der Waals surface area contributed by atoms with Gasteiger partial charge in [0.25, 0.3) is 0 Å². The third kappa shape index (κ3) is 5.15. The van der Waals surface area contributed by atoms with Gasteiger partial charge in [-0.25, -0.2) is 4.79 Å². The molecule has 0 bridgehead atoms. The van der Waals surface area contributed by atoms with E-state index in [1.54, 1.807) is 0 Å². The molecule has 108 valence electrons. The lowest BCUT2D eigenvalue weighted by Crippen LogP contribution is -2.56. The number of nitrogens with zero attached hydrogens (tertiary/aromatic N) is 1. The van der Waals surface area contributed by atoms with E-state index in [-0.39, 0.29) is 43.5 Å². The van der Waals surface area contributed by atoms with Crippen molar-refractivity contribution in [3.05, 3.63) is 0 Å². The largest absolute Gasteiger partial charge is 0.481 e. The first kappa shape index (κ1) is 15.3. The van der Waals surface area contributed by atoms with Crippen molar-refractivity contribution in [3.63, 3.8) is 0 Å². The fourth-order valence-electron chi connectivity index (χ4n) is 1.68. The molecule has 1 rings (SSSR count). The summed E-state index contributed by atoms with van der Waals surface area (Å²) >= 11 is 0. The zero-order chi connectivity index (χ0) is 14.6. The van der Waals surface area contributed by atoms with Crippen LogP contribution in [-0.4, -0.2) is 53.1 Å². The molecule has 0 aromatic carbocycles. The number of carbonyl (C=O) groups is 3. The maximum atomic E-state index is 11.6. The second kappa shape index (κ2) is 5.90. The summed E-state index contributed by atoms with van der Waals surface area (Å²) < 4.78 is 0. The van der Waals surface area contributed by atoms with E-state index < -0.39 is 11.9 Å². The summed E-state index contributed by atoms with van der Waals surface area (Å²) in [7, 11) is 0. The van der Waals surface area contributed by atoms with Gasteiger partial charge in [0.1, 0.15) is 0 Å². The fourth-order valence-corrected chi connectivity index (χ4v) is 1.68. The van der Waals surface area contributed by atoms with E-state index in [9.17, 15) is 14.4 Å². The first-order valence-corrected chi connectivity index (χ1v) is 6.25. The highest BCUT2D eigenvalue weighted by molar-refractivity contribution is 5.81. The van der Waals surface area contributed by atoms with Crippen molar-refractivity contribution in [2.45, 2.75) is 32.7 Å². The molecule has 1 aliphatic rings. The Hall–Kier alpha value is -1.79. The maximum absolute atomic E-state index is 11.6. The van der Waals surface area contributed by atoms with Crippen molar-refractivity contribution < 1.29 is 19.5 Å². The van der Waals surface area contributed by atoms with Crippen LogP contribution in [0.4, 0.5) is 4.79 Å². The standard InChI is InChI=1S/C12H21N3O4/c1-12(2,3)14-9(16)4-5-13-11(19)15-6-8(7-15)10(17)18/h8H,4-7H2,1-3H3,(H,13,19)(H,14,16)(H,17,18). The number of hydrogen-bond donors (Lipinski definition) is 3. The molecule has 0 aromatic heterocycles. The molecule has 1 saturated heterocycles. The number of nitrogens with one attached hydrogen (secondary N) is 2. The molecule has 0 spiro atoms. The quantitative estimate of drug-likeness (QED) is 0.671. The van der Waals surface area contributed by atoms with Gasteiger partial charge in [-0.05, 0) is 20.8 Å². The summed E-state index contributed by atoms with van der Waals surface area (Å²) in [6.07, 6.45) is 0.208. The summed E-state index contributed by atoms with van der Waals surface area (Å²) in [6, 6.07) is -0.318. The van der Waals surface area contributed by atoms with Crippen LogP contribution in [-0.2, 0) is 9.59 Å². The molecule has 1 fully saturated rings. The van der Waals surface area contributed by atoms with Crippen LogP contribution >= 0.6 is 0 Å². The molecule has 0 saturated carbocycles. The van der Waals surface area contributed by atoms with Crippen LogP contribution in [0, 0.1) is 5.92 Å². The highest BCUT2D eigenvalue weighted by atomic mass is 16.4. The molecular formula is C12H21N3O4. The smallest absolute Gasteiger partial charge is 0.317 e. The predicted molar refractivity (Wildman–Crippen MR) is 68.6 cm³/mol. The lowest BCUT2D eigenvalue weighted by Gasteiger charge is -2.36. The van der Waals surface area contributed by atoms with Gasteiger partial charge in [0.05, 0.1) is 5.92 Å². The second-order valence-electron chi connectivity index (χ2n) is 5.72. The van der Waals surface area contributed by atoms with Gasteiger partial charge in [-0.1, -0.05) is 0 Å². The Morgan fingerprint density at radius 2 is 1.84 bits per heavy atom. The average molecular weight is 271 g/mol. The summed E-state index contributed by atoms with van der Waals surface area (Å²) in [5, 5.41) is 14.1. The van der Waals surface area contributed by atoms with E-state index >= 15 is 0 Å². The van der Waals surface area contributed by atoms with E-state index in [4.69, 9.17) is 5.11 Å². The highest BCUT2D eigenvalue weighted by Crippen LogP contribution is 2.15. The third-order valence-corrected chi connectivity index (χ3v) is 2.66. The summed E-state index contributed by atoms with van der Waals surface area (Å²) in [4.78, 5) is 35.0. The number of rotatable bonds is 4. The van der Waals surface area contributed by atoms with Crippen LogP contribution in [0.3, 0.4) is 0 Å². The van der Waals surface area contributed by atoms with Crippen LogP contribution in [0.25, 0.3) is 0 Å². The van der Waals surface area contributed by atoms with E-state index in [1.165, 1.54) is 4.90 Å². The number of amides is 3. The van der Waals surface area contributed by atoms with Crippen LogP contribution in [0.1, 0.15) is 27.2 Å². The number of hydrogen-bond acceptors (Lipinski definition) is 3. The summed E-state index contributed by atoms with van der Waals surface area (Å²) in [5.41, 5.74) is -0.284. The molecule has 7 nitrogen and oxygen atoms in total. The van der Waals surface area contributed by atoms with Gasteiger partial charge in [-0.15, -0.1) is 0 Å². The normalized spacial score (nSPS) is 15.6. The van der Waals surface area contributed by atoms with Gasteiger partial charge >= 0.3 is 12.0 Å². The van der Waals surface area contributed by atoms with Gasteiger partial charge in [0.2, 0.25) is 5.91 Å². The fraction of sp³-hybridized carbons (Fsp3) is 0.750. The minimum absolute atomic E-state index is 0.125. The van der Waals surface area contributed by atoms with Crippen LogP contribution < -0.4 is 10.6 Å². The number of carboxylic acid groups (broad SMARTS) is 1.